The number of carbonyl (C=O) groups is 1. The van der Waals surface area contributed by atoms with Crippen LogP contribution in [0.25, 0.3) is 0 Å². The highest BCUT2D eigenvalue weighted by molar-refractivity contribution is 5.88. The maximum Gasteiger partial charge on any atom is 0.233 e. The first-order valence-corrected chi connectivity index (χ1v) is 10.8. The molecule has 0 bridgehead atoms. The molecule has 1 saturated heterocycles. The van der Waals surface area contributed by atoms with Crippen molar-refractivity contribution in [2.75, 3.05) is 73.3 Å². The highest BCUT2D eigenvalue weighted by Crippen LogP contribution is 2.19. The number of nitrogens with zero attached hydrogens (tertiary/aromatic N) is 5. The number of morpholine rings is 1. The fourth-order valence-corrected chi connectivity index (χ4v) is 3.27. The summed E-state index contributed by atoms with van der Waals surface area (Å²) in [4.78, 5) is 29.4. The number of benzene rings is 1. The maximum atomic E-state index is 11.2. The Hall–Kier alpha value is -2.98. The van der Waals surface area contributed by atoms with Gasteiger partial charge in [0.05, 0.1) is 13.2 Å². The summed E-state index contributed by atoms with van der Waals surface area (Å²) in [6.45, 7) is 12.4. The molecule has 1 fully saturated rings. The van der Waals surface area contributed by atoms with Crippen LogP contribution in [0, 0.1) is 0 Å². The van der Waals surface area contributed by atoms with Crippen molar-refractivity contribution in [1.82, 2.24) is 19.9 Å². The Balaban J connectivity index is 1.70. The van der Waals surface area contributed by atoms with Crippen molar-refractivity contribution in [1.29, 1.82) is 0 Å². The van der Waals surface area contributed by atoms with E-state index in [9.17, 15) is 4.79 Å². The van der Waals surface area contributed by atoms with E-state index in [1.165, 1.54) is 6.92 Å². The minimum atomic E-state index is -0.102. The van der Waals surface area contributed by atoms with E-state index in [1.807, 2.05) is 24.3 Å². The number of hydrogen-bond acceptors (Lipinski definition) is 9. The van der Waals surface area contributed by atoms with Gasteiger partial charge in [-0.1, -0.05) is 0 Å². The van der Waals surface area contributed by atoms with E-state index in [0.717, 1.165) is 63.9 Å². The van der Waals surface area contributed by atoms with E-state index >= 15 is 0 Å². The summed E-state index contributed by atoms with van der Waals surface area (Å²) in [7, 11) is 0. The Labute approximate surface area is 183 Å². The maximum absolute atomic E-state index is 11.2. The third-order valence-corrected chi connectivity index (χ3v) is 4.95. The smallest absolute Gasteiger partial charge is 0.233 e. The van der Waals surface area contributed by atoms with Gasteiger partial charge in [0.1, 0.15) is 0 Å². The number of hydrogen-bond donors (Lipinski definition) is 3. The van der Waals surface area contributed by atoms with Gasteiger partial charge in [-0.25, -0.2) is 0 Å². The van der Waals surface area contributed by atoms with Crippen LogP contribution in [-0.2, 0) is 9.53 Å². The highest BCUT2D eigenvalue weighted by atomic mass is 16.5. The van der Waals surface area contributed by atoms with E-state index in [4.69, 9.17) is 4.74 Å². The van der Waals surface area contributed by atoms with Crippen molar-refractivity contribution in [3.63, 3.8) is 0 Å². The number of anilines is 5. The molecule has 0 radical (unpaired) electrons. The Morgan fingerprint density at radius 1 is 1.03 bits per heavy atom. The highest BCUT2D eigenvalue weighted by Gasteiger charge is 2.13. The van der Waals surface area contributed by atoms with Crippen LogP contribution in [-0.4, -0.2) is 78.2 Å². The lowest BCUT2D eigenvalue weighted by Crippen LogP contribution is -2.39. The van der Waals surface area contributed by atoms with Crippen molar-refractivity contribution >= 4 is 35.1 Å². The number of amides is 1. The van der Waals surface area contributed by atoms with Gasteiger partial charge in [-0.15, -0.1) is 0 Å². The van der Waals surface area contributed by atoms with Crippen LogP contribution in [0.4, 0.5) is 29.2 Å². The molecule has 2 aromatic rings. The summed E-state index contributed by atoms with van der Waals surface area (Å²) in [5.74, 6) is 1.54. The molecule has 1 aromatic carbocycles. The monoisotopic (exact) mass is 428 g/mol. The standard InChI is InChI=1S/C21H32N8O2/c1-4-29(5-2)21-26-19(22-10-11-28-12-14-31-15-13-28)25-20(27-21)24-18-8-6-17(7-9-18)23-16(3)30/h6-9H,4-5,10-15H2,1-3H3,(H,23,30)(H2,22,24,25,26,27). The van der Waals surface area contributed by atoms with Gasteiger partial charge < -0.3 is 25.6 Å². The summed E-state index contributed by atoms with van der Waals surface area (Å²) in [6, 6.07) is 7.41. The molecule has 1 aromatic heterocycles. The zero-order valence-corrected chi connectivity index (χ0v) is 18.5. The molecule has 10 nitrogen and oxygen atoms in total. The number of carbonyl (C=O) groups excluding carboxylic acids is 1. The lowest BCUT2D eigenvalue weighted by atomic mass is 10.3. The Morgan fingerprint density at radius 2 is 1.68 bits per heavy atom. The third kappa shape index (κ3) is 7.04. The Kier molecular flexibility index (Phi) is 8.36. The first kappa shape index (κ1) is 22.7. The predicted molar refractivity (Wildman–Crippen MR) is 123 cm³/mol. The Morgan fingerprint density at radius 3 is 2.32 bits per heavy atom. The fourth-order valence-electron chi connectivity index (χ4n) is 3.27. The fraction of sp³-hybridized carbons (Fsp3) is 0.524. The largest absolute Gasteiger partial charge is 0.379 e. The molecule has 0 spiro atoms. The molecule has 10 heteroatoms. The molecule has 1 aliphatic rings. The second-order valence-electron chi connectivity index (χ2n) is 7.22. The topological polar surface area (TPSA) is 108 Å². The van der Waals surface area contributed by atoms with Gasteiger partial charge in [0.2, 0.25) is 23.8 Å². The number of rotatable bonds is 10. The molecule has 0 aliphatic carbocycles. The van der Waals surface area contributed by atoms with Crippen molar-refractivity contribution in [3.8, 4) is 0 Å². The molecule has 2 heterocycles. The molecule has 1 aliphatic heterocycles. The molecule has 3 rings (SSSR count). The van der Waals surface area contributed by atoms with Gasteiger partial charge in [0.15, 0.2) is 0 Å². The lowest BCUT2D eigenvalue weighted by molar-refractivity contribution is -0.114. The van der Waals surface area contributed by atoms with Crippen LogP contribution in [0.1, 0.15) is 20.8 Å². The van der Waals surface area contributed by atoms with Gasteiger partial charge in [0, 0.05) is 57.6 Å². The molecular weight excluding hydrogens is 396 g/mol. The first-order valence-electron chi connectivity index (χ1n) is 10.8. The van der Waals surface area contributed by atoms with E-state index in [1.54, 1.807) is 0 Å². The lowest BCUT2D eigenvalue weighted by Gasteiger charge is -2.26. The van der Waals surface area contributed by atoms with Gasteiger partial charge in [-0.3, -0.25) is 9.69 Å². The number of nitrogens with one attached hydrogen (secondary N) is 3. The van der Waals surface area contributed by atoms with Crippen molar-refractivity contribution in [2.24, 2.45) is 0 Å². The van der Waals surface area contributed by atoms with Crippen LogP contribution in [0.5, 0.6) is 0 Å². The third-order valence-electron chi connectivity index (χ3n) is 4.95. The summed E-state index contributed by atoms with van der Waals surface area (Å²) in [6.07, 6.45) is 0. The SMILES string of the molecule is CCN(CC)c1nc(NCCN2CCOCC2)nc(Nc2ccc(NC(C)=O)cc2)n1. The summed E-state index contributed by atoms with van der Waals surface area (Å²) >= 11 is 0. The minimum Gasteiger partial charge on any atom is -0.379 e. The van der Waals surface area contributed by atoms with E-state index in [0.29, 0.717) is 17.8 Å². The minimum absolute atomic E-state index is 0.102. The molecule has 0 saturated carbocycles. The van der Waals surface area contributed by atoms with Crippen LogP contribution < -0.4 is 20.9 Å². The van der Waals surface area contributed by atoms with Crippen LogP contribution >= 0.6 is 0 Å². The summed E-state index contributed by atoms with van der Waals surface area (Å²) < 4.78 is 5.40. The van der Waals surface area contributed by atoms with Crippen LogP contribution in [0.2, 0.25) is 0 Å². The van der Waals surface area contributed by atoms with Crippen molar-refractivity contribution in [2.45, 2.75) is 20.8 Å². The molecule has 1 amide bonds. The van der Waals surface area contributed by atoms with Crippen LogP contribution in [0.15, 0.2) is 24.3 Å². The average Bonchev–Trinajstić information content (AvgIpc) is 2.76. The van der Waals surface area contributed by atoms with E-state index in [-0.39, 0.29) is 5.91 Å². The zero-order chi connectivity index (χ0) is 22.1. The number of aromatic nitrogens is 3. The average molecular weight is 429 g/mol. The van der Waals surface area contributed by atoms with E-state index in [2.05, 4.69) is 54.5 Å². The molecule has 168 valence electrons. The van der Waals surface area contributed by atoms with Gasteiger partial charge in [0.25, 0.3) is 0 Å². The Bertz CT molecular complexity index is 836. The summed E-state index contributed by atoms with van der Waals surface area (Å²) in [5, 5.41) is 9.33. The van der Waals surface area contributed by atoms with Gasteiger partial charge >= 0.3 is 0 Å². The predicted octanol–water partition coefficient (Wildman–Crippen LogP) is 2.16. The first-order chi connectivity index (χ1) is 15.1. The molecule has 0 atom stereocenters. The molecule has 3 N–H and O–H groups in total. The normalized spacial score (nSPS) is 14.2. The molecule has 31 heavy (non-hydrogen) atoms. The second kappa shape index (κ2) is 11.4. The molecule has 0 unspecified atom stereocenters. The number of ether oxygens (including phenoxy) is 1. The quantitative estimate of drug-likeness (QED) is 0.525. The van der Waals surface area contributed by atoms with Gasteiger partial charge in [-0.2, -0.15) is 15.0 Å². The molecular formula is C21H32N8O2. The van der Waals surface area contributed by atoms with E-state index < -0.39 is 0 Å². The zero-order valence-electron chi connectivity index (χ0n) is 18.5. The van der Waals surface area contributed by atoms with Crippen molar-refractivity contribution in [3.05, 3.63) is 24.3 Å². The van der Waals surface area contributed by atoms with Crippen LogP contribution in [0.3, 0.4) is 0 Å². The van der Waals surface area contributed by atoms with Crippen molar-refractivity contribution < 1.29 is 9.53 Å². The van der Waals surface area contributed by atoms with Gasteiger partial charge in [-0.05, 0) is 38.1 Å². The summed E-state index contributed by atoms with van der Waals surface area (Å²) in [5.41, 5.74) is 1.56. The second-order valence-corrected chi connectivity index (χ2v) is 7.22.